The normalized spacial score (nSPS) is 13.5. The quantitative estimate of drug-likeness (QED) is 0.931. The summed E-state index contributed by atoms with van der Waals surface area (Å²) in [5, 5.41) is 13.8. The van der Waals surface area contributed by atoms with E-state index in [1.165, 1.54) is 25.4 Å². The molecule has 7 heteroatoms. The first kappa shape index (κ1) is 13.5. The van der Waals surface area contributed by atoms with Crippen LogP contribution >= 0.6 is 0 Å². The van der Waals surface area contributed by atoms with Crippen LogP contribution in [0.5, 0.6) is 0 Å². The number of aryl methyl sites for hydroxylation is 1. The van der Waals surface area contributed by atoms with Crippen molar-refractivity contribution in [1.29, 1.82) is 0 Å². The van der Waals surface area contributed by atoms with E-state index in [1.54, 1.807) is 12.1 Å². The van der Waals surface area contributed by atoms with Crippen LogP contribution < -0.4 is 0 Å². The van der Waals surface area contributed by atoms with Gasteiger partial charge in [0.2, 0.25) is 0 Å². The van der Waals surface area contributed by atoms with E-state index in [9.17, 15) is 18.3 Å². The van der Waals surface area contributed by atoms with Crippen molar-refractivity contribution in [3.63, 3.8) is 0 Å². The second-order valence-electron chi connectivity index (χ2n) is 4.17. The van der Waals surface area contributed by atoms with Crippen molar-refractivity contribution in [2.24, 2.45) is 0 Å². The van der Waals surface area contributed by atoms with Gasteiger partial charge in [-0.2, -0.15) is 18.3 Å². The molecule has 1 N–H and O–H groups in total. The van der Waals surface area contributed by atoms with Gasteiger partial charge in [0.05, 0.1) is 5.69 Å². The molecule has 0 saturated carbocycles. The molecule has 2 heterocycles. The third-order valence-electron chi connectivity index (χ3n) is 2.63. The van der Waals surface area contributed by atoms with E-state index < -0.39 is 18.8 Å². The Bertz CT molecular complexity index is 551. The smallest absolute Gasteiger partial charge is 0.382 e. The fourth-order valence-electron chi connectivity index (χ4n) is 1.72. The van der Waals surface area contributed by atoms with Crippen LogP contribution in [0, 0.1) is 6.92 Å². The van der Waals surface area contributed by atoms with E-state index in [1.807, 2.05) is 0 Å². The summed E-state index contributed by atoms with van der Waals surface area (Å²) < 4.78 is 37.8. The maximum absolute atomic E-state index is 12.3. The maximum Gasteiger partial charge on any atom is 0.408 e. The molecule has 1 atom stereocenters. The molecule has 0 aromatic carbocycles. The lowest BCUT2D eigenvalue weighted by atomic mass is 10.1. The van der Waals surface area contributed by atoms with Crippen LogP contribution in [-0.4, -0.2) is 26.0 Å². The number of hydrogen-bond acceptors (Lipinski definition) is 3. The zero-order valence-electron chi connectivity index (χ0n) is 10.1. The Kier molecular flexibility index (Phi) is 3.57. The second-order valence-corrected chi connectivity index (χ2v) is 4.17. The Morgan fingerprint density at radius 2 is 1.95 bits per heavy atom. The van der Waals surface area contributed by atoms with E-state index in [-0.39, 0.29) is 5.69 Å². The molecule has 2 aromatic rings. The summed E-state index contributed by atoms with van der Waals surface area (Å²) in [7, 11) is 0. The Morgan fingerprint density at radius 1 is 1.32 bits per heavy atom. The van der Waals surface area contributed by atoms with E-state index in [4.69, 9.17) is 0 Å². The standard InChI is InChI=1S/C12H12F3N3O/c1-8-6-10(17-18(8)7-12(13,14)15)11(19)9-2-4-16-5-3-9/h2-6,11,19H,7H2,1H3. The van der Waals surface area contributed by atoms with Gasteiger partial charge in [-0.25, -0.2) is 0 Å². The van der Waals surface area contributed by atoms with Crippen LogP contribution in [0.4, 0.5) is 13.2 Å². The molecule has 0 amide bonds. The summed E-state index contributed by atoms with van der Waals surface area (Å²) in [5.41, 5.74) is 1.07. The van der Waals surface area contributed by atoms with Gasteiger partial charge in [-0.15, -0.1) is 0 Å². The summed E-state index contributed by atoms with van der Waals surface area (Å²) in [4.78, 5) is 3.81. The molecule has 0 bridgehead atoms. The fraction of sp³-hybridized carbons (Fsp3) is 0.333. The molecule has 0 fully saturated rings. The molecule has 0 saturated heterocycles. The highest BCUT2D eigenvalue weighted by molar-refractivity contribution is 5.24. The largest absolute Gasteiger partial charge is 0.408 e. The van der Waals surface area contributed by atoms with E-state index in [0.717, 1.165) is 4.68 Å². The first-order valence-electron chi connectivity index (χ1n) is 5.56. The lowest BCUT2D eigenvalue weighted by Gasteiger charge is -2.09. The lowest BCUT2D eigenvalue weighted by molar-refractivity contribution is -0.143. The van der Waals surface area contributed by atoms with Gasteiger partial charge in [0.1, 0.15) is 12.6 Å². The molecule has 0 aliphatic carbocycles. The van der Waals surface area contributed by atoms with Crippen LogP contribution in [0.15, 0.2) is 30.6 Å². The number of alkyl halides is 3. The summed E-state index contributed by atoms with van der Waals surface area (Å²) in [5.74, 6) is 0. The Balaban J connectivity index is 2.25. The van der Waals surface area contributed by atoms with Crippen molar-refractivity contribution < 1.29 is 18.3 Å². The SMILES string of the molecule is Cc1cc(C(O)c2ccncc2)nn1CC(F)(F)F. The van der Waals surface area contributed by atoms with Gasteiger partial charge in [0.15, 0.2) is 0 Å². The number of rotatable bonds is 3. The van der Waals surface area contributed by atoms with E-state index >= 15 is 0 Å². The van der Waals surface area contributed by atoms with Crippen molar-refractivity contribution in [1.82, 2.24) is 14.8 Å². The van der Waals surface area contributed by atoms with Gasteiger partial charge in [-0.05, 0) is 30.7 Å². The number of aliphatic hydroxyl groups is 1. The van der Waals surface area contributed by atoms with Gasteiger partial charge in [0.25, 0.3) is 0 Å². The first-order chi connectivity index (χ1) is 8.87. The topological polar surface area (TPSA) is 50.9 Å². The van der Waals surface area contributed by atoms with Crippen molar-refractivity contribution in [2.45, 2.75) is 25.7 Å². The molecule has 1 unspecified atom stereocenters. The molecule has 0 aliphatic heterocycles. The molecule has 0 spiro atoms. The minimum atomic E-state index is -4.34. The Hall–Kier alpha value is -1.89. The molecule has 4 nitrogen and oxygen atoms in total. The number of hydrogen-bond donors (Lipinski definition) is 1. The first-order valence-corrected chi connectivity index (χ1v) is 5.56. The molecule has 2 aromatic heterocycles. The van der Waals surface area contributed by atoms with E-state index in [2.05, 4.69) is 10.1 Å². The summed E-state index contributed by atoms with van der Waals surface area (Å²) in [6.45, 7) is 0.351. The highest BCUT2D eigenvalue weighted by Crippen LogP contribution is 2.23. The van der Waals surface area contributed by atoms with Crippen molar-refractivity contribution in [3.05, 3.63) is 47.5 Å². The molecular weight excluding hydrogens is 259 g/mol. The second kappa shape index (κ2) is 5.00. The molecule has 2 rings (SSSR count). The Labute approximate surface area is 107 Å². The van der Waals surface area contributed by atoms with Crippen LogP contribution in [-0.2, 0) is 6.54 Å². The van der Waals surface area contributed by atoms with Crippen LogP contribution in [0.2, 0.25) is 0 Å². The average molecular weight is 271 g/mol. The van der Waals surface area contributed by atoms with Crippen LogP contribution in [0.3, 0.4) is 0 Å². The predicted octanol–water partition coefficient (Wildman–Crippen LogP) is 2.23. The molecular formula is C12H12F3N3O. The third kappa shape index (κ3) is 3.31. The summed E-state index contributed by atoms with van der Waals surface area (Å²) >= 11 is 0. The number of aliphatic hydroxyl groups excluding tert-OH is 1. The van der Waals surface area contributed by atoms with Gasteiger partial charge in [-0.1, -0.05) is 0 Å². The molecule has 0 aliphatic rings. The molecule has 19 heavy (non-hydrogen) atoms. The molecule has 102 valence electrons. The number of halogens is 3. The van der Waals surface area contributed by atoms with Gasteiger partial charge in [-0.3, -0.25) is 9.67 Å². The highest BCUT2D eigenvalue weighted by atomic mass is 19.4. The number of nitrogens with zero attached hydrogens (tertiary/aromatic N) is 3. The average Bonchev–Trinajstić information content (AvgIpc) is 2.69. The zero-order valence-corrected chi connectivity index (χ0v) is 10.1. The maximum atomic E-state index is 12.3. The highest BCUT2D eigenvalue weighted by Gasteiger charge is 2.29. The van der Waals surface area contributed by atoms with Crippen LogP contribution in [0.1, 0.15) is 23.1 Å². The minimum absolute atomic E-state index is 0.188. The van der Waals surface area contributed by atoms with Gasteiger partial charge < -0.3 is 5.11 Å². The van der Waals surface area contributed by atoms with Crippen molar-refractivity contribution >= 4 is 0 Å². The minimum Gasteiger partial charge on any atom is -0.382 e. The van der Waals surface area contributed by atoms with Gasteiger partial charge in [0, 0.05) is 18.1 Å². The zero-order chi connectivity index (χ0) is 14.0. The third-order valence-corrected chi connectivity index (χ3v) is 2.63. The fourth-order valence-corrected chi connectivity index (χ4v) is 1.72. The number of pyridine rings is 1. The van der Waals surface area contributed by atoms with E-state index in [0.29, 0.717) is 11.3 Å². The summed E-state index contributed by atoms with van der Waals surface area (Å²) in [6, 6.07) is 4.61. The molecule has 0 radical (unpaired) electrons. The van der Waals surface area contributed by atoms with Gasteiger partial charge >= 0.3 is 6.18 Å². The van der Waals surface area contributed by atoms with Crippen molar-refractivity contribution in [3.8, 4) is 0 Å². The lowest BCUT2D eigenvalue weighted by Crippen LogP contribution is -2.19. The predicted molar refractivity (Wildman–Crippen MR) is 61.3 cm³/mol. The van der Waals surface area contributed by atoms with Crippen LogP contribution in [0.25, 0.3) is 0 Å². The van der Waals surface area contributed by atoms with Crippen molar-refractivity contribution in [2.75, 3.05) is 0 Å². The monoisotopic (exact) mass is 271 g/mol. The summed E-state index contributed by atoms with van der Waals surface area (Å²) in [6.07, 6.45) is -2.40. The number of aromatic nitrogens is 3. The Morgan fingerprint density at radius 3 is 2.53 bits per heavy atom.